The summed E-state index contributed by atoms with van der Waals surface area (Å²) in [4.78, 5) is 26.9. The van der Waals surface area contributed by atoms with E-state index in [0.717, 1.165) is 28.9 Å². The van der Waals surface area contributed by atoms with Gasteiger partial charge < -0.3 is 15.0 Å². The first kappa shape index (κ1) is 18.1. The van der Waals surface area contributed by atoms with E-state index in [1.807, 2.05) is 48.5 Å². The molecule has 1 N–H and O–H groups in total. The van der Waals surface area contributed by atoms with Crippen molar-refractivity contribution in [2.45, 2.75) is 26.4 Å². The Morgan fingerprint density at radius 3 is 2.81 bits per heavy atom. The van der Waals surface area contributed by atoms with Crippen LogP contribution in [0.3, 0.4) is 0 Å². The van der Waals surface area contributed by atoms with Crippen LogP contribution in [-0.4, -0.2) is 25.5 Å². The van der Waals surface area contributed by atoms with E-state index in [2.05, 4.69) is 12.2 Å². The van der Waals surface area contributed by atoms with Gasteiger partial charge in [0.25, 0.3) is 0 Å². The van der Waals surface area contributed by atoms with Gasteiger partial charge >= 0.3 is 0 Å². The summed E-state index contributed by atoms with van der Waals surface area (Å²) >= 11 is 0. The number of aryl methyl sites for hydroxylation is 1. The molecule has 2 aromatic carbocycles. The van der Waals surface area contributed by atoms with Gasteiger partial charge in [-0.05, 0) is 35.7 Å². The van der Waals surface area contributed by atoms with Gasteiger partial charge in [-0.2, -0.15) is 0 Å². The van der Waals surface area contributed by atoms with Crippen LogP contribution in [0.4, 0.5) is 11.4 Å². The molecule has 2 aromatic rings. The predicted octanol–water partition coefficient (Wildman–Crippen LogP) is 3.39. The highest BCUT2D eigenvalue weighted by Gasteiger charge is 2.35. The molecular weight excluding hydrogens is 328 g/mol. The molecule has 1 atom stereocenters. The number of hydrogen-bond acceptors (Lipinski definition) is 3. The molecule has 0 radical (unpaired) electrons. The van der Waals surface area contributed by atoms with Crippen molar-refractivity contribution in [3.05, 3.63) is 59.7 Å². The van der Waals surface area contributed by atoms with Crippen molar-refractivity contribution >= 4 is 23.2 Å². The third kappa shape index (κ3) is 3.94. The summed E-state index contributed by atoms with van der Waals surface area (Å²) in [6.45, 7) is 2.98. The Kier molecular flexibility index (Phi) is 5.68. The van der Waals surface area contributed by atoms with Gasteiger partial charge in [-0.1, -0.05) is 37.3 Å². The SMILES string of the molecule is CCc1ccccc1N1CC(C(=O)Nc2cccc(COC)c2)CC1=O. The lowest BCUT2D eigenvalue weighted by molar-refractivity contribution is -0.122. The van der Waals surface area contributed by atoms with E-state index in [0.29, 0.717) is 13.2 Å². The Labute approximate surface area is 154 Å². The first-order chi connectivity index (χ1) is 12.6. The number of nitrogens with zero attached hydrogens (tertiary/aromatic N) is 1. The zero-order valence-electron chi connectivity index (χ0n) is 15.2. The van der Waals surface area contributed by atoms with Crippen LogP contribution < -0.4 is 10.2 Å². The molecule has 1 unspecified atom stereocenters. The molecule has 26 heavy (non-hydrogen) atoms. The molecule has 1 aliphatic heterocycles. The summed E-state index contributed by atoms with van der Waals surface area (Å²) in [6.07, 6.45) is 1.09. The van der Waals surface area contributed by atoms with Crippen molar-refractivity contribution in [3.8, 4) is 0 Å². The van der Waals surface area contributed by atoms with E-state index in [9.17, 15) is 9.59 Å². The normalized spacial score (nSPS) is 16.8. The summed E-state index contributed by atoms with van der Waals surface area (Å²) < 4.78 is 5.12. The van der Waals surface area contributed by atoms with Crippen molar-refractivity contribution in [3.63, 3.8) is 0 Å². The highest BCUT2D eigenvalue weighted by molar-refractivity contribution is 6.03. The number of ether oxygens (including phenoxy) is 1. The van der Waals surface area contributed by atoms with Gasteiger partial charge in [-0.15, -0.1) is 0 Å². The van der Waals surface area contributed by atoms with E-state index in [1.165, 1.54) is 0 Å². The number of carbonyl (C=O) groups excluding carboxylic acids is 2. The molecule has 1 aliphatic rings. The maximum atomic E-state index is 12.6. The maximum Gasteiger partial charge on any atom is 0.229 e. The summed E-state index contributed by atoms with van der Waals surface area (Å²) in [7, 11) is 1.64. The second kappa shape index (κ2) is 8.15. The van der Waals surface area contributed by atoms with Gasteiger partial charge in [-0.25, -0.2) is 0 Å². The molecule has 0 aliphatic carbocycles. The molecular formula is C21H24N2O3. The minimum absolute atomic E-state index is 0.000756. The number of carbonyl (C=O) groups is 2. The Hall–Kier alpha value is -2.66. The minimum atomic E-state index is -0.349. The second-order valence-corrected chi connectivity index (χ2v) is 6.51. The lowest BCUT2D eigenvalue weighted by atomic mass is 10.1. The number of anilines is 2. The lowest BCUT2D eigenvalue weighted by Crippen LogP contribution is -2.28. The Balaban J connectivity index is 1.70. The largest absolute Gasteiger partial charge is 0.380 e. The Morgan fingerprint density at radius 1 is 1.23 bits per heavy atom. The fourth-order valence-corrected chi connectivity index (χ4v) is 3.34. The first-order valence-corrected chi connectivity index (χ1v) is 8.89. The van der Waals surface area contributed by atoms with Crippen LogP contribution in [0, 0.1) is 5.92 Å². The maximum absolute atomic E-state index is 12.6. The molecule has 2 amide bonds. The fourth-order valence-electron chi connectivity index (χ4n) is 3.34. The number of amides is 2. The summed E-state index contributed by atoms with van der Waals surface area (Å²) in [6, 6.07) is 15.4. The van der Waals surface area contributed by atoms with Gasteiger partial charge in [0.05, 0.1) is 12.5 Å². The van der Waals surface area contributed by atoms with E-state index in [4.69, 9.17) is 4.74 Å². The monoisotopic (exact) mass is 352 g/mol. The molecule has 0 spiro atoms. The van der Waals surface area contributed by atoms with Crippen LogP contribution >= 0.6 is 0 Å². The predicted molar refractivity (Wildman–Crippen MR) is 102 cm³/mol. The Bertz CT molecular complexity index is 803. The van der Waals surface area contributed by atoms with Crippen molar-refractivity contribution in [1.29, 1.82) is 0 Å². The fraction of sp³-hybridized carbons (Fsp3) is 0.333. The molecule has 0 saturated carbocycles. The van der Waals surface area contributed by atoms with Gasteiger partial charge in [0.2, 0.25) is 11.8 Å². The van der Waals surface area contributed by atoms with Crippen molar-refractivity contribution < 1.29 is 14.3 Å². The minimum Gasteiger partial charge on any atom is -0.380 e. The van der Waals surface area contributed by atoms with Crippen LogP contribution in [0.5, 0.6) is 0 Å². The topological polar surface area (TPSA) is 58.6 Å². The average Bonchev–Trinajstić information content (AvgIpc) is 3.04. The summed E-state index contributed by atoms with van der Waals surface area (Å²) in [5.41, 5.74) is 3.75. The number of rotatable bonds is 6. The Morgan fingerprint density at radius 2 is 2.04 bits per heavy atom. The van der Waals surface area contributed by atoms with Crippen molar-refractivity contribution in [2.24, 2.45) is 5.92 Å². The smallest absolute Gasteiger partial charge is 0.229 e. The number of hydrogen-bond donors (Lipinski definition) is 1. The van der Waals surface area contributed by atoms with Crippen molar-refractivity contribution in [1.82, 2.24) is 0 Å². The zero-order valence-corrected chi connectivity index (χ0v) is 15.2. The third-order valence-corrected chi connectivity index (χ3v) is 4.66. The molecule has 3 rings (SSSR count). The molecule has 5 nitrogen and oxygen atoms in total. The van der Waals surface area contributed by atoms with Crippen molar-refractivity contribution in [2.75, 3.05) is 23.9 Å². The van der Waals surface area contributed by atoms with E-state index < -0.39 is 0 Å². The molecule has 1 saturated heterocycles. The highest BCUT2D eigenvalue weighted by atomic mass is 16.5. The quantitative estimate of drug-likeness (QED) is 0.867. The molecule has 0 aromatic heterocycles. The number of benzene rings is 2. The number of nitrogens with one attached hydrogen (secondary N) is 1. The first-order valence-electron chi connectivity index (χ1n) is 8.89. The van der Waals surface area contributed by atoms with E-state index in [1.54, 1.807) is 12.0 Å². The van der Waals surface area contributed by atoms with E-state index >= 15 is 0 Å². The van der Waals surface area contributed by atoms with Gasteiger partial charge in [0, 0.05) is 31.5 Å². The molecule has 1 fully saturated rings. The molecule has 5 heteroatoms. The average molecular weight is 352 g/mol. The zero-order chi connectivity index (χ0) is 18.5. The molecule has 1 heterocycles. The summed E-state index contributed by atoms with van der Waals surface area (Å²) in [5, 5.41) is 2.93. The number of para-hydroxylation sites is 1. The van der Waals surface area contributed by atoms with Crippen LogP contribution in [0.2, 0.25) is 0 Å². The van der Waals surface area contributed by atoms with E-state index in [-0.39, 0.29) is 24.2 Å². The second-order valence-electron chi connectivity index (χ2n) is 6.51. The van der Waals surface area contributed by atoms with Crippen LogP contribution in [0.1, 0.15) is 24.5 Å². The van der Waals surface area contributed by atoms with Crippen LogP contribution in [-0.2, 0) is 27.4 Å². The van der Waals surface area contributed by atoms with Gasteiger partial charge in [0.1, 0.15) is 0 Å². The van der Waals surface area contributed by atoms with Crippen LogP contribution in [0.25, 0.3) is 0 Å². The third-order valence-electron chi connectivity index (χ3n) is 4.66. The van der Waals surface area contributed by atoms with Gasteiger partial charge in [0.15, 0.2) is 0 Å². The molecule has 0 bridgehead atoms. The number of methoxy groups -OCH3 is 1. The summed E-state index contributed by atoms with van der Waals surface area (Å²) in [5.74, 6) is -0.470. The highest BCUT2D eigenvalue weighted by Crippen LogP contribution is 2.29. The van der Waals surface area contributed by atoms with Crippen LogP contribution in [0.15, 0.2) is 48.5 Å². The lowest BCUT2D eigenvalue weighted by Gasteiger charge is -2.20. The van der Waals surface area contributed by atoms with Gasteiger partial charge in [-0.3, -0.25) is 9.59 Å². The standard InChI is InChI=1S/C21H24N2O3/c1-3-16-8-4-5-10-19(16)23-13-17(12-20(23)24)21(25)22-18-9-6-7-15(11-18)14-26-2/h4-11,17H,3,12-14H2,1-2H3,(H,22,25). The molecule has 136 valence electrons.